The van der Waals surface area contributed by atoms with Crippen molar-refractivity contribution in [2.45, 2.75) is 32.7 Å². The van der Waals surface area contributed by atoms with Crippen molar-refractivity contribution in [3.63, 3.8) is 0 Å². The zero-order valence-corrected chi connectivity index (χ0v) is 6.91. The highest BCUT2D eigenvalue weighted by Crippen LogP contribution is 2.27. The summed E-state index contributed by atoms with van der Waals surface area (Å²) in [6.45, 7) is 4.53. The zero-order chi connectivity index (χ0) is 8.36. The van der Waals surface area contributed by atoms with Crippen molar-refractivity contribution in [3.8, 4) is 0 Å². The summed E-state index contributed by atoms with van der Waals surface area (Å²) in [4.78, 5) is 0. The van der Waals surface area contributed by atoms with Gasteiger partial charge in [-0.1, -0.05) is 13.8 Å². The molecular weight excluding hydrogens is 136 g/mol. The summed E-state index contributed by atoms with van der Waals surface area (Å²) in [6.07, 6.45) is 0. The largest absolute Gasteiger partial charge is 0.312 e. The van der Waals surface area contributed by atoms with Crippen LogP contribution >= 0.6 is 0 Å². The fraction of sp³-hybridized carbons (Fsp3) is 1.00. The third-order valence-corrected chi connectivity index (χ3v) is 1.78. The molecule has 0 fully saturated rings. The summed E-state index contributed by atoms with van der Waals surface area (Å²) in [5.41, 5.74) is 0. The fourth-order valence-electron chi connectivity index (χ4n) is 0.692. The van der Waals surface area contributed by atoms with Gasteiger partial charge in [0.1, 0.15) is 0 Å². The molecule has 0 aromatic heterocycles. The first kappa shape index (κ1) is 9.82. The van der Waals surface area contributed by atoms with Crippen molar-refractivity contribution in [2.75, 3.05) is 7.05 Å². The van der Waals surface area contributed by atoms with Crippen LogP contribution in [0.3, 0.4) is 0 Å². The Bertz CT molecular complexity index is 102. The minimum Gasteiger partial charge on any atom is -0.312 e. The molecule has 0 heterocycles. The smallest absolute Gasteiger partial charge is 0.265 e. The van der Waals surface area contributed by atoms with Gasteiger partial charge in [-0.05, 0) is 14.0 Å². The summed E-state index contributed by atoms with van der Waals surface area (Å²) in [5.74, 6) is -3.20. The Morgan fingerprint density at radius 2 is 1.60 bits per heavy atom. The van der Waals surface area contributed by atoms with Crippen molar-refractivity contribution in [1.29, 1.82) is 0 Å². The second-order valence-corrected chi connectivity index (χ2v) is 2.84. The van der Waals surface area contributed by atoms with Gasteiger partial charge in [-0.2, -0.15) is 0 Å². The van der Waals surface area contributed by atoms with Crippen molar-refractivity contribution >= 4 is 0 Å². The number of rotatable bonds is 3. The van der Waals surface area contributed by atoms with E-state index in [4.69, 9.17) is 0 Å². The maximum Gasteiger partial charge on any atom is 0.265 e. The third kappa shape index (κ3) is 1.90. The van der Waals surface area contributed by atoms with Gasteiger partial charge in [0.15, 0.2) is 0 Å². The van der Waals surface area contributed by atoms with Crippen molar-refractivity contribution in [2.24, 2.45) is 5.92 Å². The van der Waals surface area contributed by atoms with Crippen LogP contribution in [0, 0.1) is 5.92 Å². The highest BCUT2D eigenvalue weighted by atomic mass is 19.3. The van der Waals surface area contributed by atoms with Gasteiger partial charge in [0.25, 0.3) is 5.92 Å². The van der Waals surface area contributed by atoms with Gasteiger partial charge >= 0.3 is 0 Å². The monoisotopic (exact) mass is 151 g/mol. The summed E-state index contributed by atoms with van der Waals surface area (Å²) in [6, 6.07) is -0.743. The Balaban J connectivity index is 4.09. The molecule has 0 amide bonds. The van der Waals surface area contributed by atoms with Crippen molar-refractivity contribution in [1.82, 2.24) is 5.32 Å². The Morgan fingerprint density at radius 1 is 1.20 bits per heavy atom. The van der Waals surface area contributed by atoms with Gasteiger partial charge in [0.05, 0.1) is 6.04 Å². The molecule has 62 valence electrons. The summed E-state index contributed by atoms with van der Waals surface area (Å²) in [5, 5.41) is 2.54. The van der Waals surface area contributed by atoms with E-state index in [1.54, 1.807) is 7.05 Å². The molecule has 1 unspecified atom stereocenters. The van der Waals surface area contributed by atoms with Crippen LogP contribution in [0.15, 0.2) is 0 Å². The molecule has 3 heteroatoms. The maximum absolute atomic E-state index is 12.9. The average molecular weight is 151 g/mol. The van der Waals surface area contributed by atoms with E-state index in [-0.39, 0.29) is 0 Å². The molecule has 0 rings (SSSR count). The van der Waals surface area contributed by atoms with E-state index in [1.165, 1.54) is 20.8 Å². The molecule has 1 N–H and O–H groups in total. The lowest BCUT2D eigenvalue weighted by atomic mass is 10.00. The minimum atomic E-state index is -2.60. The molecular formula is C7H15F2N. The van der Waals surface area contributed by atoms with Gasteiger partial charge in [-0.15, -0.1) is 0 Å². The van der Waals surface area contributed by atoms with Crippen LogP contribution in [0.1, 0.15) is 20.8 Å². The fourth-order valence-corrected chi connectivity index (χ4v) is 0.692. The Kier molecular flexibility index (Phi) is 3.22. The van der Waals surface area contributed by atoms with E-state index in [2.05, 4.69) is 5.32 Å². The summed E-state index contributed by atoms with van der Waals surface area (Å²) < 4.78 is 25.8. The lowest BCUT2D eigenvalue weighted by Crippen LogP contribution is -2.44. The molecule has 0 aliphatic heterocycles. The first-order chi connectivity index (χ1) is 4.42. The number of hydrogen-bond acceptors (Lipinski definition) is 1. The van der Waals surface area contributed by atoms with Gasteiger partial charge < -0.3 is 5.32 Å². The molecule has 0 radical (unpaired) electrons. The molecule has 0 bridgehead atoms. The van der Waals surface area contributed by atoms with Crippen LogP contribution in [-0.4, -0.2) is 19.0 Å². The standard InChI is InChI=1S/C7H15F2N/c1-5(2)7(8,9)6(3)10-4/h5-6,10H,1-4H3. The van der Waals surface area contributed by atoms with Crippen LogP contribution in [0.5, 0.6) is 0 Å². The molecule has 10 heavy (non-hydrogen) atoms. The Morgan fingerprint density at radius 3 is 1.70 bits per heavy atom. The highest BCUT2D eigenvalue weighted by Gasteiger charge is 2.38. The second-order valence-electron chi connectivity index (χ2n) is 2.84. The Labute approximate surface area is 60.8 Å². The first-order valence-corrected chi connectivity index (χ1v) is 3.48. The van der Waals surface area contributed by atoms with Crippen LogP contribution < -0.4 is 5.32 Å². The first-order valence-electron chi connectivity index (χ1n) is 3.48. The van der Waals surface area contributed by atoms with E-state index in [0.717, 1.165) is 0 Å². The number of nitrogens with one attached hydrogen (secondary N) is 1. The average Bonchev–Trinajstić information content (AvgIpc) is 1.86. The number of hydrogen-bond donors (Lipinski definition) is 1. The van der Waals surface area contributed by atoms with Crippen LogP contribution in [-0.2, 0) is 0 Å². The predicted molar refractivity (Wildman–Crippen MR) is 38.3 cm³/mol. The van der Waals surface area contributed by atoms with Gasteiger partial charge in [-0.3, -0.25) is 0 Å². The van der Waals surface area contributed by atoms with Gasteiger partial charge in [-0.25, -0.2) is 8.78 Å². The van der Waals surface area contributed by atoms with E-state index < -0.39 is 17.9 Å². The van der Waals surface area contributed by atoms with Crippen LogP contribution in [0.2, 0.25) is 0 Å². The van der Waals surface area contributed by atoms with E-state index in [9.17, 15) is 8.78 Å². The van der Waals surface area contributed by atoms with Crippen LogP contribution in [0.4, 0.5) is 8.78 Å². The quantitative estimate of drug-likeness (QED) is 0.649. The topological polar surface area (TPSA) is 12.0 Å². The number of alkyl halides is 2. The molecule has 0 aliphatic carbocycles. The molecule has 0 aromatic rings. The maximum atomic E-state index is 12.9. The minimum absolute atomic E-state index is 0.602. The summed E-state index contributed by atoms with van der Waals surface area (Å²) in [7, 11) is 1.54. The normalized spacial score (nSPS) is 15.9. The van der Waals surface area contributed by atoms with Crippen molar-refractivity contribution < 1.29 is 8.78 Å². The van der Waals surface area contributed by atoms with E-state index in [1.807, 2.05) is 0 Å². The van der Waals surface area contributed by atoms with E-state index >= 15 is 0 Å². The lowest BCUT2D eigenvalue weighted by Gasteiger charge is -2.26. The SMILES string of the molecule is CNC(C)C(F)(F)C(C)C. The van der Waals surface area contributed by atoms with Crippen LogP contribution in [0.25, 0.3) is 0 Å². The predicted octanol–water partition coefficient (Wildman–Crippen LogP) is 1.89. The van der Waals surface area contributed by atoms with Crippen molar-refractivity contribution in [3.05, 3.63) is 0 Å². The molecule has 0 saturated carbocycles. The molecule has 0 saturated heterocycles. The molecule has 1 nitrogen and oxygen atoms in total. The molecule has 0 aromatic carbocycles. The molecule has 0 spiro atoms. The van der Waals surface area contributed by atoms with Gasteiger partial charge in [0, 0.05) is 5.92 Å². The molecule has 0 aliphatic rings. The third-order valence-electron chi connectivity index (χ3n) is 1.78. The van der Waals surface area contributed by atoms with Gasteiger partial charge in [0.2, 0.25) is 0 Å². The lowest BCUT2D eigenvalue weighted by molar-refractivity contribution is -0.0709. The Hall–Kier alpha value is -0.180. The number of halogens is 2. The molecule has 1 atom stereocenters. The van der Waals surface area contributed by atoms with E-state index in [0.29, 0.717) is 0 Å². The second kappa shape index (κ2) is 3.28. The highest BCUT2D eigenvalue weighted by molar-refractivity contribution is 4.80. The summed E-state index contributed by atoms with van der Waals surface area (Å²) >= 11 is 0. The zero-order valence-electron chi connectivity index (χ0n) is 6.91.